The SMILES string of the molecule is CCOc1ccc(C(=O)Nc2cnn(C)c2C(=O)Nc2cnn(C)c2C)cc1OCC. The fourth-order valence-electron chi connectivity index (χ4n) is 2.99. The number of hydrogen-bond donors (Lipinski definition) is 2. The molecule has 0 saturated carbocycles. The summed E-state index contributed by atoms with van der Waals surface area (Å²) in [7, 11) is 3.42. The standard InChI is InChI=1S/C21H26N6O4/c1-6-30-17-9-8-14(10-18(17)31-7-2)20(28)25-16-12-23-27(5)19(16)21(29)24-15-11-22-26(4)13(15)3/h8-12H,6-7H2,1-5H3,(H,24,29)(H,25,28). The van der Waals surface area contributed by atoms with Crippen LogP contribution in [0.3, 0.4) is 0 Å². The predicted octanol–water partition coefficient (Wildman–Crippen LogP) is 2.76. The first-order valence-corrected chi connectivity index (χ1v) is 9.88. The monoisotopic (exact) mass is 426 g/mol. The molecule has 3 aromatic rings. The molecule has 164 valence electrons. The summed E-state index contributed by atoms with van der Waals surface area (Å²) < 4.78 is 14.2. The van der Waals surface area contributed by atoms with Crippen molar-refractivity contribution in [2.75, 3.05) is 23.8 Å². The van der Waals surface area contributed by atoms with E-state index in [1.807, 2.05) is 20.8 Å². The number of rotatable bonds is 8. The van der Waals surface area contributed by atoms with Gasteiger partial charge in [-0.1, -0.05) is 0 Å². The Balaban J connectivity index is 1.82. The lowest BCUT2D eigenvalue weighted by Crippen LogP contribution is -2.20. The average Bonchev–Trinajstić information content (AvgIpc) is 3.26. The smallest absolute Gasteiger partial charge is 0.276 e. The van der Waals surface area contributed by atoms with Crippen molar-refractivity contribution in [3.63, 3.8) is 0 Å². The highest BCUT2D eigenvalue weighted by Crippen LogP contribution is 2.29. The number of hydrogen-bond acceptors (Lipinski definition) is 6. The summed E-state index contributed by atoms with van der Waals surface area (Å²) in [6.45, 7) is 6.49. The highest BCUT2D eigenvalue weighted by molar-refractivity contribution is 6.11. The Morgan fingerprint density at radius 3 is 2.16 bits per heavy atom. The number of aromatic nitrogens is 4. The molecule has 0 aliphatic heterocycles. The van der Waals surface area contributed by atoms with Gasteiger partial charge in [0, 0.05) is 19.7 Å². The van der Waals surface area contributed by atoms with Crippen LogP contribution in [0.4, 0.5) is 11.4 Å². The van der Waals surface area contributed by atoms with Crippen molar-refractivity contribution in [3.05, 3.63) is 47.5 Å². The maximum absolute atomic E-state index is 12.9. The van der Waals surface area contributed by atoms with Gasteiger partial charge in [0.2, 0.25) is 0 Å². The van der Waals surface area contributed by atoms with Crippen molar-refractivity contribution in [1.29, 1.82) is 0 Å². The van der Waals surface area contributed by atoms with E-state index < -0.39 is 11.8 Å². The minimum atomic E-state index is -0.409. The van der Waals surface area contributed by atoms with Crippen LogP contribution in [-0.4, -0.2) is 44.6 Å². The molecule has 10 heteroatoms. The summed E-state index contributed by atoms with van der Waals surface area (Å²) in [6.07, 6.45) is 3.00. The van der Waals surface area contributed by atoms with Gasteiger partial charge >= 0.3 is 0 Å². The van der Waals surface area contributed by atoms with Crippen molar-refractivity contribution in [3.8, 4) is 11.5 Å². The van der Waals surface area contributed by atoms with E-state index in [1.54, 1.807) is 43.2 Å². The molecule has 31 heavy (non-hydrogen) atoms. The number of anilines is 2. The molecule has 0 aliphatic carbocycles. The van der Waals surface area contributed by atoms with Crippen LogP contribution in [0.2, 0.25) is 0 Å². The van der Waals surface area contributed by atoms with E-state index >= 15 is 0 Å². The molecular weight excluding hydrogens is 400 g/mol. The third-order valence-corrected chi connectivity index (χ3v) is 4.69. The van der Waals surface area contributed by atoms with Crippen LogP contribution in [0.15, 0.2) is 30.6 Å². The largest absolute Gasteiger partial charge is 0.490 e. The molecule has 0 atom stereocenters. The second-order valence-corrected chi connectivity index (χ2v) is 6.73. The molecule has 2 N–H and O–H groups in total. The van der Waals surface area contributed by atoms with Gasteiger partial charge < -0.3 is 20.1 Å². The van der Waals surface area contributed by atoms with Crippen LogP contribution in [0, 0.1) is 6.92 Å². The summed E-state index contributed by atoms with van der Waals surface area (Å²) in [5.41, 5.74) is 2.26. The maximum Gasteiger partial charge on any atom is 0.276 e. The van der Waals surface area contributed by atoms with E-state index in [4.69, 9.17) is 9.47 Å². The van der Waals surface area contributed by atoms with Gasteiger partial charge in [-0.25, -0.2) is 0 Å². The van der Waals surface area contributed by atoms with Crippen LogP contribution in [0.25, 0.3) is 0 Å². The van der Waals surface area contributed by atoms with Crippen LogP contribution >= 0.6 is 0 Å². The van der Waals surface area contributed by atoms with Gasteiger partial charge in [-0.2, -0.15) is 10.2 Å². The zero-order valence-electron chi connectivity index (χ0n) is 18.2. The highest BCUT2D eigenvalue weighted by atomic mass is 16.5. The van der Waals surface area contributed by atoms with Crippen molar-refractivity contribution in [2.24, 2.45) is 14.1 Å². The Kier molecular flexibility index (Phi) is 6.58. The average molecular weight is 426 g/mol. The fraction of sp³-hybridized carbons (Fsp3) is 0.333. The third kappa shape index (κ3) is 4.68. The van der Waals surface area contributed by atoms with E-state index in [-0.39, 0.29) is 5.69 Å². The number of aryl methyl sites for hydroxylation is 2. The first-order chi connectivity index (χ1) is 14.8. The van der Waals surface area contributed by atoms with Gasteiger partial charge in [0.25, 0.3) is 11.8 Å². The molecule has 0 fully saturated rings. The molecule has 2 amide bonds. The van der Waals surface area contributed by atoms with Crippen LogP contribution < -0.4 is 20.1 Å². The molecule has 0 saturated heterocycles. The van der Waals surface area contributed by atoms with Crippen molar-refractivity contribution >= 4 is 23.2 Å². The van der Waals surface area contributed by atoms with Gasteiger partial charge in [0.15, 0.2) is 11.5 Å². The van der Waals surface area contributed by atoms with Gasteiger partial charge in [0.05, 0.1) is 42.7 Å². The van der Waals surface area contributed by atoms with E-state index in [0.29, 0.717) is 41.7 Å². The molecule has 2 heterocycles. The van der Waals surface area contributed by atoms with Crippen molar-refractivity contribution in [2.45, 2.75) is 20.8 Å². The maximum atomic E-state index is 12.9. The lowest BCUT2D eigenvalue weighted by molar-refractivity contribution is 0.101. The molecule has 0 spiro atoms. The van der Waals surface area contributed by atoms with Crippen molar-refractivity contribution in [1.82, 2.24) is 19.6 Å². The number of ether oxygens (including phenoxy) is 2. The minimum Gasteiger partial charge on any atom is -0.490 e. The van der Waals surface area contributed by atoms with Gasteiger partial charge in [-0.05, 0) is 39.0 Å². The van der Waals surface area contributed by atoms with Gasteiger partial charge in [-0.15, -0.1) is 0 Å². The number of amides is 2. The minimum absolute atomic E-state index is 0.215. The summed E-state index contributed by atoms with van der Waals surface area (Å²) in [5, 5.41) is 13.8. The number of carbonyl (C=O) groups is 2. The van der Waals surface area contributed by atoms with E-state index in [1.165, 1.54) is 10.9 Å². The van der Waals surface area contributed by atoms with Crippen molar-refractivity contribution < 1.29 is 19.1 Å². The topological polar surface area (TPSA) is 112 Å². The first kappa shape index (κ1) is 21.9. The normalized spacial score (nSPS) is 10.6. The first-order valence-electron chi connectivity index (χ1n) is 9.88. The lowest BCUT2D eigenvalue weighted by atomic mass is 10.2. The molecule has 0 bridgehead atoms. The molecular formula is C21H26N6O4. The zero-order valence-corrected chi connectivity index (χ0v) is 18.2. The number of nitrogens with one attached hydrogen (secondary N) is 2. The second kappa shape index (κ2) is 9.33. The van der Waals surface area contributed by atoms with E-state index in [2.05, 4.69) is 20.8 Å². The van der Waals surface area contributed by atoms with E-state index in [9.17, 15) is 9.59 Å². The summed E-state index contributed by atoms with van der Waals surface area (Å²) >= 11 is 0. The number of carbonyl (C=O) groups excluding carboxylic acids is 2. The summed E-state index contributed by atoms with van der Waals surface area (Å²) in [5.74, 6) is 0.235. The second-order valence-electron chi connectivity index (χ2n) is 6.73. The fourth-order valence-corrected chi connectivity index (χ4v) is 2.99. The van der Waals surface area contributed by atoms with Crippen LogP contribution in [0.1, 0.15) is 40.4 Å². The number of nitrogens with zero attached hydrogens (tertiary/aromatic N) is 4. The Labute approximate surface area is 180 Å². The van der Waals surface area contributed by atoms with Gasteiger partial charge in [-0.3, -0.25) is 19.0 Å². The van der Waals surface area contributed by atoms with Crippen LogP contribution in [0.5, 0.6) is 11.5 Å². The molecule has 1 aromatic carbocycles. The molecule has 0 unspecified atom stereocenters. The predicted molar refractivity (Wildman–Crippen MR) is 116 cm³/mol. The van der Waals surface area contributed by atoms with Crippen LogP contribution in [-0.2, 0) is 14.1 Å². The Morgan fingerprint density at radius 2 is 1.52 bits per heavy atom. The lowest BCUT2D eigenvalue weighted by Gasteiger charge is -2.13. The Morgan fingerprint density at radius 1 is 0.903 bits per heavy atom. The Bertz CT molecular complexity index is 1100. The molecule has 3 rings (SSSR count). The molecule has 0 radical (unpaired) electrons. The van der Waals surface area contributed by atoms with E-state index in [0.717, 1.165) is 5.69 Å². The Hall–Kier alpha value is -3.82. The summed E-state index contributed by atoms with van der Waals surface area (Å²) in [6, 6.07) is 4.93. The quantitative estimate of drug-likeness (QED) is 0.573. The summed E-state index contributed by atoms with van der Waals surface area (Å²) in [4.78, 5) is 25.7. The third-order valence-electron chi connectivity index (χ3n) is 4.69. The number of benzene rings is 1. The molecule has 2 aromatic heterocycles. The zero-order chi connectivity index (χ0) is 22.5. The van der Waals surface area contributed by atoms with Gasteiger partial charge in [0.1, 0.15) is 5.69 Å². The molecule has 0 aliphatic rings. The highest BCUT2D eigenvalue weighted by Gasteiger charge is 2.21. The molecule has 10 nitrogen and oxygen atoms in total.